The van der Waals surface area contributed by atoms with E-state index in [1.54, 1.807) is 12.4 Å². The third-order valence-electron chi connectivity index (χ3n) is 4.88. The van der Waals surface area contributed by atoms with Gasteiger partial charge in [0.2, 0.25) is 5.91 Å². The van der Waals surface area contributed by atoms with Crippen molar-refractivity contribution in [3.8, 4) is 5.75 Å². The second kappa shape index (κ2) is 8.69. The molecule has 2 aromatic heterocycles. The van der Waals surface area contributed by atoms with E-state index >= 15 is 0 Å². The molecule has 6 heteroatoms. The topological polar surface area (TPSA) is 69.0 Å². The maximum atomic E-state index is 12.5. The maximum Gasteiger partial charge on any atom is 0.225 e. The Hall–Kier alpha value is -3.15. The van der Waals surface area contributed by atoms with E-state index in [9.17, 15) is 4.79 Å². The predicted molar refractivity (Wildman–Crippen MR) is 108 cm³/mol. The quantitative estimate of drug-likeness (QED) is 0.684. The molecule has 6 nitrogen and oxygen atoms in total. The van der Waals surface area contributed by atoms with Crippen molar-refractivity contribution < 1.29 is 9.53 Å². The van der Waals surface area contributed by atoms with Crippen LogP contribution in [0.5, 0.6) is 5.75 Å². The number of nitrogens with zero attached hydrogens (tertiary/aromatic N) is 3. The van der Waals surface area contributed by atoms with Crippen molar-refractivity contribution >= 4 is 5.91 Å². The first kappa shape index (κ1) is 19.6. The van der Waals surface area contributed by atoms with Gasteiger partial charge in [0.25, 0.3) is 0 Å². The molecule has 1 N–H and O–H groups in total. The van der Waals surface area contributed by atoms with Crippen LogP contribution in [0.1, 0.15) is 41.0 Å². The molecule has 0 fully saturated rings. The van der Waals surface area contributed by atoms with Crippen LogP contribution < -0.4 is 10.1 Å². The van der Waals surface area contributed by atoms with Gasteiger partial charge in [-0.15, -0.1) is 0 Å². The lowest BCUT2D eigenvalue weighted by atomic mass is 10.1. The van der Waals surface area contributed by atoms with Gasteiger partial charge in [-0.1, -0.05) is 18.2 Å². The lowest BCUT2D eigenvalue weighted by Crippen LogP contribution is -2.28. The third kappa shape index (κ3) is 4.76. The number of rotatable bonds is 7. The molecule has 0 bridgehead atoms. The Labute approximate surface area is 165 Å². The van der Waals surface area contributed by atoms with E-state index in [0.29, 0.717) is 13.0 Å². The van der Waals surface area contributed by atoms with Gasteiger partial charge in [-0.3, -0.25) is 14.5 Å². The zero-order chi connectivity index (χ0) is 20.1. The van der Waals surface area contributed by atoms with E-state index < -0.39 is 0 Å². The van der Waals surface area contributed by atoms with Crippen LogP contribution in [0.25, 0.3) is 0 Å². The summed E-state index contributed by atoms with van der Waals surface area (Å²) in [6.07, 6.45) is 3.87. The molecule has 1 unspecified atom stereocenters. The van der Waals surface area contributed by atoms with Crippen LogP contribution in [-0.2, 0) is 24.9 Å². The lowest BCUT2D eigenvalue weighted by molar-refractivity contribution is -0.121. The minimum Gasteiger partial charge on any atom is -0.489 e. The molecule has 28 heavy (non-hydrogen) atoms. The number of aromatic nitrogens is 3. The monoisotopic (exact) mass is 378 g/mol. The van der Waals surface area contributed by atoms with Crippen LogP contribution in [0.15, 0.2) is 48.8 Å². The molecule has 0 aliphatic rings. The predicted octanol–water partition coefficient (Wildman–Crippen LogP) is 3.43. The Morgan fingerprint density at radius 3 is 2.57 bits per heavy atom. The number of carbonyl (C=O) groups is 1. The van der Waals surface area contributed by atoms with Gasteiger partial charge in [0.15, 0.2) is 0 Å². The van der Waals surface area contributed by atoms with Gasteiger partial charge < -0.3 is 10.1 Å². The van der Waals surface area contributed by atoms with Gasteiger partial charge in [-0.05, 0) is 44.5 Å². The molecule has 3 aromatic rings. The van der Waals surface area contributed by atoms with Crippen LogP contribution in [0.2, 0.25) is 0 Å². The fourth-order valence-corrected chi connectivity index (χ4v) is 3.11. The SMILES string of the molecule is Cc1nn(C)c(C)c1CC(=O)NC(C)c1ccc(OCc2cccnc2)cc1. The fourth-order valence-electron chi connectivity index (χ4n) is 3.11. The first-order valence-corrected chi connectivity index (χ1v) is 9.34. The number of pyridine rings is 1. The summed E-state index contributed by atoms with van der Waals surface area (Å²) >= 11 is 0. The summed E-state index contributed by atoms with van der Waals surface area (Å²) in [4.78, 5) is 16.5. The van der Waals surface area contributed by atoms with Gasteiger partial charge in [0, 0.05) is 36.3 Å². The summed E-state index contributed by atoms with van der Waals surface area (Å²) in [5.74, 6) is 0.774. The van der Waals surface area contributed by atoms with Gasteiger partial charge in [-0.2, -0.15) is 5.10 Å². The molecule has 1 atom stereocenters. The Kier molecular flexibility index (Phi) is 6.09. The van der Waals surface area contributed by atoms with Crippen LogP contribution in [0, 0.1) is 13.8 Å². The molecular weight excluding hydrogens is 352 g/mol. The highest BCUT2D eigenvalue weighted by molar-refractivity contribution is 5.79. The molecule has 0 saturated heterocycles. The van der Waals surface area contributed by atoms with Gasteiger partial charge in [0.05, 0.1) is 18.2 Å². The zero-order valence-corrected chi connectivity index (χ0v) is 16.8. The van der Waals surface area contributed by atoms with Crippen LogP contribution in [-0.4, -0.2) is 20.7 Å². The normalized spacial score (nSPS) is 11.9. The van der Waals surface area contributed by atoms with Crippen LogP contribution in [0.4, 0.5) is 0 Å². The van der Waals surface area contributed by atoms with E-state index in [4.69, 9.17) is 4.74 Å². The van der Waals surface area contributed by atoms with Crippen molar-refractivity contribution in [2.45, 2.75) is 39.8 Å². The van der Waals surface area contributed by atoms with Gasteiger partial charge >= 0.3 is 0 Å². The number of amides is 1. The van der Waals surface area contributed by atoms with Gasteiger partial charge in [-0.25, -0.2) is 0 Å². The number of carbonyl (C=O) groups excluding carboxylic acids is 1. The van der Waals surface area contributed by atoms with Crippen LogP contribution in [0.3, 0.4) is 0 Å². The van der Waals surface area contributed by atoms with Crippen molar-refractivity contribution in [3.63, 3.8) is 0 Å². The number of hydrogen-bond donors (Lipinski definition) is 1. The highest BCUT2D eigenvalue weighted by Gasteiger charge is 2.15. The average molecular weight is 378 g/mol. The minimum atomic E-state index is -0.0860. The highest BCUT2D eigenvalue weighted by atomic mass is 16.5. The van der Waals surface area contributed by atoms with E-state index in [1.807, 2.05) is 68.9 Å². The lowest BCUT2D eigenvalue weighted by Gasteiger charge is -2.15. The number of nitrogens with one attached hydrogen (secondary N) is 1. The first-order valence-electron chi connectivity index (χ1n) is 9.34. The second-order valence-electron chi connectivity index (χ2n) is 6.96. The summed E-state index contributed by atoms with van der Waals surface area (Å²) in [6, 6.07) is 11.6. The third-order valence-corrected chi connectivity index (χ3v) is 4.88. The molecule has 0 saturated carbocycles. The summed E-state index contributed by atoms with van der Waals surface area (Å²) in [5.41, 5.74) is 4.97. The molecule has 1 amide bonds. The highest BCUT2D eigenvalue weighted by Crippen LogP contribution is 2.19. The first-order chi connectivity index (χ1) is 13.4. The molecule has 0 spiro atoms. The second-order valence-corrected chi connectivity index (χ2v) is 6.96. The number of hydrogen-bond acceptors (Lipinski definition) is 4. The molecule has 0 radical (unpaired) electrons. The van der Waals surface area contributed by atoms with E-state index in [1.165, 1.54) is 0 Å². The Balaban J connectivity index is 1.55. The Morgan fingerprint density at radius 2 is 1.96 bits per heavy atom. The van der Waals surface area contributed by atoms with Crippen molar-refractivity contribution in [2.24, 2.45) is 7.05 Å². The molecule has 146 valence electrons. The van der Waals surface area contributed by atoms with Crippen molar-refractivity contribution in [1.29, 1.82) is 0 Å². The number of aryl methyl sites for hydroxylation is 2. The summed E-state index contributed by atoms with van der Waals surface area (Å²) < 4.78 is 7.59. The van der Waals surface area contributed by atoms with Crippen molar-refractivity contribution in [2.75, 3.05) is 0 Å². The molecule has 3 rings (SSSR count). The zero-order valence-electron chi connectivity index (χ0n) is 16.8. The molecular formula is C22H26N4O2. The van der Waals surface area contributed by atoms with E-state index in [-0.39, 0.29) is 11.9 Å². The minimum absolute atomic E-state index is 0.0106. The summed E-state index contributed by atoms with van der Waals surface area (Å²) in [6.45, 7) is 6.37. The van der Waals surface area contributed by atoms with E-state index in [0.717, 1.165) is 33.8 Å². The number of ether oxygens (including phenoxy) is 1. The Bertz CT molecular complexity index is 933. The van der Waals surface area contributed by atoms with E-state index in [2.05, 4.69) is 15.4 Å². The average Bonchev–Trinajstić information content (AvgIpc) is 2.93. The molecule has 2 heterocycles. The largest absolute Gasteiger partial charge is 0.489 e. The molecule has 0 aliphatic carbocycles. The maximum absolute atomic E-state index is 12.5. The Morgan fingerprint density at radius 1 is 1.21 bits per heavy atom. The van der Waals surface area contributed by atoms with Crippen molar-refractivity contribution in [1.82, 2.24) is 20.1 Å². The summed E-state index contributed by atoms with van der Waals surface area (Å²) in [5, 5.41) is 7.43. The summed E-state index contributed by atoms with van der Waals surface area (Å²) in [7, 11) is 1.89. The standard InChI is InChI=1S/C22H26N4O2/c1-15(24-22(27)12-21-16(2)25-26(4)17(21)3)19-7-9-20(10-8-19)28-14-18-6-5-11-23-13-18/h5-11,13,15H,12,14H2,1-4H3,(H,24,27). The fraction of sp³-hybridized carbons (Fsp3) is 0.318. The van der Waals surface area contributed by atoms with Gasteiger partial charge in [0.1, 0.15) is 12.4 Å². The molecule has 0 aliphatic heterocycles. The van der Waals surface area contributed by atoms with Crippen LogP contribution >= 0.6 is 0 Å². The molecule has 1 aromatic carbocycles. The smallest absolute Gasteiger partial charge is 0.225 e. The number of benzene rings is 1. The van der Waals surface area contributed by atoms with Crippen molar-refractivity contribution in [3.05, 3.63) is 76.9 Å².